The van der Waals surface area contributed by atoms with Crippen molar-refractivity contribution in [2.75, 3.05) is 11.4 Å². The molecule has 0 bridgehead atoms. The van der Waals surface area contributed by atoms with Gasteiger partial charge in [0.15, 0.2) is 0 Å². The van der Waals surface area contributed by atoms with Crippen LogP contribution in [0.4, 0.5) is 5.69 Å². The van der Waals surface area contributed by atoms with E-state index < -0.39 is 0 Å². The smallest absolute Gasteiger partial charge is 0.271 e. The number of nitrogens with zero attached hydrogens (tertiary/aromatic N) is 2. The topological polar surface area (TPSA) is 64.9 Å². The van der Waals surface area contributed by atoms with Crippen molar-refractivity contribution in [3.05, 3.63) is 65.2 Å². The van der Waals surface area contributed by atoms with Crippen LogP contribution in [0.1, 0.15) is 49.2 Å². The predicted molar refractivity (Wildman–Crippen MR) is 110 cm³/mol. The van der Waals surface area contributed by atoms with Gasteiger partial charge in [0.1, 0.15) is 5.75 Å². The molecule has 27 heavy (non-hydrogen) atoms. The van der Waals surface area contributed by atoms with Gasteiger partial charge in [-0.25, -0.2) is 5.43 Å². The summed E-state index contributed by atoms with van der Waals surface area (Å²) >= 11 is 0. The van der Waals surface area contributed by atoms with Crippen LogP contribution < -0.4 is 10.3 Å². The van der Waals surface area contributed by atoms with Gasteiger partial charge in [-0.15, -0.1) is 0 Å². The first-order chi connectivity index (χ1) is 12.8. The molecule has 0 aliphatic carbocycles. The highest BCUT2D eigenvalue weighted by atomic mass is 16.3. The number of allylic oxidation sites excluding steroid dienone is 1. The average molecular weight is 363 g/mol. The first-order valence-electron chi connectivity index (χ1n) is 9.06. The van der Waals surface area contributed by atoms with E-state index in [0.717, 1.165) is 12.1 Å². The van der Waals surface area contributed by atoms with Crippen molar-refractivity contribution >= 4 is 23.4 Å². The molecule has 2 aromatic rings. The van der Waals surface area contributed by atoms with Gasteiger partial charge in [0, 0.05) is 23.4 Å². The Kier molecular flexibility index (Phi) is 5.04. The summed E-state index contributed by atoms with van der Waals surface area (Å²) in [6.45, 7) is 9.64. The molecule has 0 spiro atoms. The summed E-state index contributed by atoms with van der Waals surface area (Å²) in [5.74, 6) is -0.318. The van der Waals surface area contributed by atoms with Crippen LogP contribution in [0.25, 0.3) is 5.57 Å². The molecule has 0 fully saturated rings. The second kappa shape index (κ2) is 7.27. The number of hydrogen-bond acceptors (Lipinski definition) is 4. The van der Waals surface area contributed by atoms with Crippen molar-refractivity contribution in [3.8, 4) is 5.75 Å². The molecule has 0 saturated carbocycles. The Labute approximate surface area is 160 Å². The van der Waals surface area contributed by atoms with E-state index in [-0.39, 0.29) is 17.2 Å². The van der Waals surface area contributed by atoms with E-state index in [9.17, 15) is 9.90 Å². The Balaban J connectivity index is 1.79. The van der Waals surface area contributed by atoms with Gasteiger partial charge in [-0.2, -0.15) is 5.10 Å². The summed E-state index contributed by atoms with van der Waals surface area (Å²) in [5.41, 5.74) is 7.37. The largest absolute Gasteiger partial charge is 0.508 e. The average Bonchev–Trinajstić information content (AvgIpc) is 2.61. The molecule has 3 rings (SSSR count). The number of hydrazone groups is 1. The number of anilines is 1. The van der Waals surface area contributed by atoms with Crippen LogP contribution in [-0.2, 0) is 0 Å². The number of nitrogens with one attached hydrogen (secondary N) is 1. The fraction of sp³-hybridized carbons (Fsp3) is 0.273. The number of likely N-dealkylation sites (N-methyl/N-ethyl adjacent to an activating group) is 1. The molecule has 1 aliphatic heterocycles. The number of benzene rings is 2. The van der Waals surface area contributed by atoms with Crippen molar-refractivity contribution in [2.45, 2.75) is 33.2 Å². The minimum absolute atomic E-state index is 0.0172. The monoisotopic (exact) mass is 363 g/mol. The predicted octanol–water partition coefficient (Wildman–Crippen LogP) is 4.18. The molecule has 0 saturated heterocycles. The summed E-state index contributed by atoms with van der Waals surface area (Å²) in [5, 5.41) is 13.5. The van der Waals surface area contributed by atoms with Crippen LogP contribution in [0.5, 0.6) is 5.75 Å². The lowest BCUT2D eigenvalue weighted by atomic mass is 9.88. The van der Waals surface area contributed by atoms with Crippen LogP contribution in [0, 0.1) is 0 Å². The highest BCUT2D eigenvalue weighted by Crippen LogP contribution is 2.38. The molecule has 1 aliphatic rings. The zero-order chi connectivity index (χ0) is 19.6. The lowest BCUT2D eigenvalue weighted by molar-refractivity contribution is 0.0954. The van der Waals surface area contributed by atoms with Crippen molar-refractivity contribution in [1.82, 2.24) is 5.43 Å². The second-order valence-corrected chi connectivity index (χ2v) is 7.25. The number of carbonyl (C=O) groups is 1. The van der Waals surface area contributed by atoms with Crippen LogP contribution in [0.2, 0.25) is 0 Å². The maximum atomic E-state index is 12.1. The van der Waals surface area contributed by atoms with Crippen molar-refractivity contribution < 1.29 is 9.90 Å². The fourth-order valence-corrected chi connectivity index (χ4v) is 3.64. The van der Waals surface area contributed by atoms with Gasteiger partial charge in [-0.05, 0) is 69.2 Å². The number of phenols is 1. The molecule has 0 atom stereocenters. The standard InChI is InChI=1S/C22H25N3O2/c1-5-25-20-10-9-16(11-19(20)15(2)13-22(25,3)4)14-23-24-21(27)17-7-6-8-18(26)12-17/h6-14,26H,5H2,1-4H3,(H,24,27)/b23-14+. The van der Waals surface area contributed by atoms with Crippen LogP contribution in [0.15, 0.2) is 53.6 Å². The van der Waals surface area contributed by atoms with Crippen LogP contribution >= 0.6 is 0 Å². The Hall–Kier alpha value is -3.08. The van der Waals surface area contributed by atoms with Gasteiger partial charge >= 0.3 is 0 Å². The molecular weight excluding hydrogens is 338 g/mol. The minimum atomic E-state index is -0.366. The normalized spacial score (nSPS) is 15.4. The zero-order valence-electron chi connectivity index (χ0n) is 16.2. The molecule has 2 aromatic carbocycles. The number of rotatable bonds is 4. The first kappa shape index (κ1) is 18.7. The molecule has 0 aromatic heterocycles. The Bertz CT molecular complexity index is 929. The number of carbonyl (C=O) groups excluding carboxylic acids is 1. The summed E-state index contributed by atoms with van der Waals surface area (Å²) in [7, 11) is 0. The fourth-order valence-electron chi connectivity index (χ4n) is 3.64. The molecule has 140 valence electrons. The Morgan fingerprint density at radius 2 is 2.04 bits per heavy atom. The lowest BCUT2D eigenvalue weighted by Crippen LogP contribution is -2.44. The van der Waals surface area contributed by atoms with Gasteiger partial charge in [0.05, 0.1) is 11.8 Å². The maximum absolute atomic E-state index is 12.1. The molecule has 0 unspecified atom stereocenters. The summed E-state index contributed by atoms with van der Waals surface area (Å²) < 4.78 is 0. The number of aromatic hydroxyl groups is 1. The SMILES string of the molecule is CCN1c2ccc(/C=N/NC(=O)c3cccc(O)c3)cc2C(C)=CC1(C)C. The van der Waals surface area contributed by atoms with Gasteiger partial charge < -0.3 is 10.0 Å². The van der Waals surface area contributed by atoms with Gasteiger partial charge in [-0.1, -0.05) is 18.2 Å². The number of hydrogen-bond donors (Lipinski definition) is 2. The van der Waals surface area contributed by atoms with Gasteiger partial charge in [0.2, 0.25) is 0 Å². The third-order valence-electron chi connectivity index (χ3n) is 4.81. The first-order valence-corrected chi connectivity index (χ1v) is 9.06. The Morgan fingerprint density at radius 1 is 1.26 bits per heavy atom. The van der Waals surface area contributed by atoms with Crippen LogP contribution in [0.3, 0.4) is 0 Å². The maximum Gasteiger partial charge on any atom is 0.271 e. The zero-order valence-corrected chi connectivity index (χ0v) is 16.2. The van der Waals surface area contributed by atoms with E-state index in [2.05, 4.69) is 61.3 Å². The van der Waals surface area contributed by atoms with Gasteiger partial charge in [0.25, 0.3) is 5.91 Å². The third kappa shape index (κ3) is 3.87. The molecule has 1 amide bonds. The highest BCUT2D eigenvalue weighted by Gasteiger charge is 2.29. The van der Waals surface area contributed by atoms with Crippen molar-refractivity contribution in [2.24, 2.45) is 5.10 Å². The number of amides is 1. The quantitative estimate of drug-likeness (QED) is 0.633. The minimum Gasteiger partial charge on any atom is -0.508 e. The molecule has 0 radical (unpaired) electrons. The number of fused-ring (bicyclic) bond motifs is 1. The summed E-state index contributed by atoms with van der Waals surface area (Å²) in [6.07, 6.45) is 3.91. The number of phenolic OH excluding ortho intramolecular Hbond substituents is 1. The van der Waals surface area contributed by atoms with Crippen molar-refractivity contribution in [1.29, 1.82) is 0 Å². The van der Waals surface area contributed by atoms with Gasteiger partial charge in [-0.3, -0.25) is 4.79 Å². The van der Waals surface area contributed by atoms with E-state index in [0.29, 0.717) is 5.56 Å². The molecule has 5 nitrogen and oxygen atoms in total. The van der Waals surface area contributed by atoms with E-state index in [1.54, 1.807) is 18.3 Å². The lowest BCUT2D eigenvalue weighted by Gasteiger charge is -2.42. The summed E-state index contributed by atoms with van der Waals surface area (Å²) in [6, 6.07) is 12.4. The van der Waals surface area contributed by atoms with Crippen molar-refractivity contribution in [3.63, 3.8) is 0 Å². The molecule has 5 heteroatoms. The van der Waals surface area contributed by atoms with E-state index in [1.165, 1.54) is 29.0 Å². The van der Waals surface area contributed by atoms with Crippen LogP contribution in [-0.4, -0.2) is 29.3 Å². The highest BCUT2D eigenvalue weighted by molar-refractivity contribution is 5.95. The molecule has 1 heterocycles. The third-order valence-corrected chi connectivity index (χ3v) is 4.81. The summed E-state index contributed by atoms with van der Waals surface area (Å²) in [4.78, 5) is 14.4. The van der Waals surface area contributed by atoms with E-state index in [4.69, 9.17) is 0 Å². The second-order valence-electron chi connectivity index (χ2n) is 7.25. The Morgan fingerprint density at radius 3 is 2.74 bits per heavy atom. The molecular formula is C22H25N3O2. The van der Waals surface area contributed by atoms with E-state index in [1.807, 2.05) is 6.07 Å². The van der Waals surface area contributed by atoms with E-state index >= 15 is 0 Å². The molecule has 2 N–H and O–H groups in total.